The highest BCUT2D eigenvalue weighted by Gasteiger charge is 2.25. The average molecular weight is 519 g/mol. The maximum absolute atomic E-state index is 13.3. The Kier molecular flexibility index (Phi) is 7.55. The van der Waals surface area contributed by atoms with E-state index in [1.165, 1.54) is 19.2 Å². The molecule has 1 saturated heterocycles. The monoisotopic (exact) mass is 518 g/mol. The summed E-state index contributed by atoms with van der Waals surface area (Å²) in [4.78, 5) is 22.3. The van der Waals surface area contributed by atoms with Crippen molar-refractivity contribution in [3.63, 3.8) is 0 Å². The summed E-state index contributed by atoms with van der Waals surface area (Å²) in [6, 6.07) is 21.0. The molecule has 1 aromatic heterocycles. The second kappa shape index (κ2) is 11.2. The number of carbonyl (C=O) groups excluding carboxylic acids is 1. The minimum Gasteiger partial charge on any atom is -0.588 e. The standard InChI is InChI=1S/C28H27FN4O3S/c1-36-25-18-23(31-37(35)26-6-2-4-21-5-3-13-30-27(21)26)11-12-24(25)28(34)33-16-14-32(15-17-33)19-20-7-9-22(29)10-8-20/h2-13,18,31H,14-17,19H2,1H3. The van der Waals surface area contributed by atoms with Crippen LogP contribution in [0.4, 0.5) is 10.1 Å². The highest BCUT2D eigenvalue weighted by molar-refractivity contribution is 7.93. The molecule has 1 unspecified atom stereocenters. The van der Waals surface area contributed by atoms with Crippen molar-refractivity contribution in [3.8, 4) is 5.75 Å². The van der Waals surface area contributed by atoms with Crippen molar-refractivity contribution in [2.75, 3.05) is 38.0 Å². The average Bonchev–Trinajstić information content (AvgIpc) is 2.94. The fourth-order valence-electron chi connectivity index (χ4n) is 4.45. The zero-order valence-corrected chi connectivity index (χ0v) is 21.2. The first-order chi connectivity index (χ1) is 18.0. The maximum atomic E-state index is 13.3. The molecule has 0 spiro atoms. The number of fused-ring (bicyclic) bond motifs is 1. The van der Waals surface area contributed by atoms with E-state index in [0.717, 1.165) is 30.6 Å². The van der Waals surface area contributed by atoms with E-state index in [2.05, 4.69) is 14.6 Å². The summed E-state index contributed by atoms with van der Waals surface area (Å²) >= 11 is -1.55. The van der Waals surface area contributed by atoms with Crippen LogP contribution in [0.1, 0.15) is 15.9 Å². The third-order valence-corrected chi connectivity index (χ3v) is 7.57. The molecule has 3 aromatic carbocycles. The van der Waals surface area contributed by atoms with E-state index in [9.17, 15) is 13.7 Å². The highest BCUT2D eigenvalue weighted by atomic mass is 32.2. The maximum Gasteiger partial charge on any atom is 0.257 e. The third-order valence-electron chi connectivity index (χ3n) is 6.42. The number of rotatable bonds is 7. The minimum absolute atomic E-state index is 0.107. The number of nitrogens with zero attached hydrogens (tertiary/aromatic N) is 3. The van der Waals surface area contributed by atoms with Crippen LogP contribution >= 0.6 is 0 Å². The number of anilines is 1. The van der Waals surface area contributed by atoms with Gasteiger partial charge in [0.25, 0.3) is 5.91 Å². The van der Waals surface area contributed by atoms with Crippen LogP contribution in [0, 0.1) is 5.82 Å². The lowest BCUT2D eigenvalue weighted by Gasteiger charge is -2.35. The number of ether oxygens (including phenoxy) is 1. The Morgan fingerprint density at radius 1 is 1.05 bits per heavy atom. The van der Waals surface area contributed by atoms with Gasteiger partial charge in [-0.2, -0.15) is 0 Å². The molecule has 9 heteroatoms. The molecule has 0 aliphatic carbocycles. The number of benzene rings is 3. The lowest BCUT2D eigenvalue weighted by molar-refractivity contribution is 0.0625. The van der Waals surface area contributed by atoms with Gasteiger partial charge in [0.05, 0.1) is 18.4 Å². The Hall–Kier alpha value is -3.66. The first kappa shape index (κ1) is 25.0. The molecule has 0 saturated carbocycles. The van der Waals surface area contributed by atoms with Crippen molar-refractivity contribution in [1.29, 1.82) is 0 Å². The van der Waals surface area contributed by atoms with Gasteiger partial charge in [-0.25, -0.2) is 9.11 Å². The summed E-state index contributed by atoms with van der Waals surface area (Å²) in [5.41, 5.74) is 2.75. The van der Waals surface area contributed by atoms with Crippen molar-refractivity contribution in [3.05, 3.63) is 95.9 Å². The number of methoxy groups -OCH3 is 1. The predicted molar refractivity (Wildman–Crippen MR) is 142 cm³/mol. The molecule has 1 aliphatic heterocycles. The first-order valence-electron chi connectivity index (χ1n) is 12.0. The van der Waals surface area contributed by atoms with Crippen LogP contribution < -0.4 is 9.46 Å². The number of aromatic nitrogens is 1. The smallest absolute Gasteiger partial charge is 0.257 e. The molecule has 7 nitrogen and oxygen atoms in total. The molecule has 2 heterocycles. The summed E-state index contributed by atoms with van der Waals surface area (Å²) < 4.78 is 34.8. The number of carbonyl (C=O) groups is 1. The number of piperazine rings is 1. The van der Waals surface area contributed by atoms with Crippen LogP contribution in [0.25, 0.3) is 10.9 Å². The molecule has 0 bridgehead atoms. The van der Waals surface area contributed by atoms with Crippen LogP contribution in [-0.2, 0) is 17.9 Å². The highest BCUT2D eigenvalue weighted by Crippen LogP contribution is 2.28. The van der Waals surface area contributed by atoms with E-state index in [4.69, 9.17) is 4.74 Å². The van der Waals surface area contributed by atoms with Gasteiger partial charge in [-0.3, -0.25) is 14.7 Å². The van der Waals surface area contributed by atoms with Gasteiger partial charge in [-0.15, -0.1) is 0 Å². The largest absolute Gasteiger partial charge is 0.588 e. The SMILES string of the molecule is COc1cc(N[S+]([O-])c2cccc3cccnc23)ccc1C(=O)N1CCN(Cc2ccc(F)cc2)CC1. The summed E-state index contributed by atoms with van der Waals surface area (Å²) in [5.74, 6) is 0.0622. The Balaban J connectivity index is 1.24. The van der Waals surface area contributed by atoms with Gasteiger partial charge < -0.3 is 14.2 Å². The number of halogens is 1. The molecule has 1 aliphatic rings. The van der Waals surface area contributed by atoms with E-state index in [-0.39, 0.29) is 11.7 Å². The van der Waals surface area contributed by atoms with Crippen molar-refractivity contribution < 1.29 is 18.5 Å². The second-order valence-electron chi connectivity index (χ2n) is 8.81. The first-order valence-corrected chi connectivity index (χ1v) is 13.1. The Bertz CT molecular complexity index is 1390. The third kappa shape index (κ3) is 5.69. The van der Waals surface area contributed by atoms with Crippen molar-refractivity contribution >= 4 is 33.9 Å². The van der Waals surface area contributed by atoms with Gasteiger partial charge in [0.15, 0.2) is 0 Å². The van der Waals surface area contributed by atoms with Crippen LogP contribution in [0.15, 0.2) is 83.9 Å². The van der Waals surface area contributed by atoms with Gasteiger partial charge in [-0.1, -0.05) is 30.3 Å². The normalized spacial score (nSPS) is 14.9. The molecule has 37 heavy (non-hydrogen) atoms. The second-order valence-corrected chi connectivity index (χ2v) is 9.99. The van der Waals surface area contributed by atoms with E-state index in [1.54, 1.807) is 42.6 Å². The van der Waals surface area contributed by atoms with Crippen LogP contribution in [-0.4, -0.2) is 58.5 Å². The van der Waals surface area contributed by atoms with Crippen LogP contribution in [0.5, 0.6) is 5.75 Å². The number of hydrogen-bond acceptors (Lipinski definition) is 6. The summed E-state index contributed by atoms with van der Waals surface area (Å²) in [6.07, 6.45) is 1.68. The van der Waals surface area contributed by atoms with Gasteiger partial charge in [-0.05, 0) is 42.0 Å². The molecule has 1 N–H and O–H groups in total. The molecular formula is C28H27FN4O3S. The molecule has 1 amide bonds. The van der Waals surface area contributed by atoms with E-state index < -0.39 is 11.4 Å². The number of hydrogen-bond donors (Lipinski definition) is 1. The molecule has 5 rings (SSSR count). The molecule has 4 aromatic rings. The molecule has 1 atom stereocenters. The van der Waals surface area contributed by atoms with Crippen molar-refractivity contribution in [2.45, 2.75) is 11.4 Å². The Morgan fingerprint density at radius 3 is 2.57 bits per heavy atom. The number of pyridine rings is 1. The van der Waals surface area contributed by atoms with E-state index in [1.807, 2.05) is 29.2 Å². The minimum atomic E-state index is -1.55. The van der Waals surface area contributed by atoms with E-state index >= 15 is 0 Å². The number of amides is 1. The van der Waals surface area contributed by atoms with Gasteiger partial charge in [0.1, 0.15) is 28.4 Å². The predicted octanol–water partition coefficient (Wildman–Crippen LogP) is 4.48. The summed E-state index contributed by atoms with van der Waals surface area (Å²) in [6.45, 7) is 3.34. The van der Waals surface area contributed by atoms with E-state index in [0.29, 0.717) is 40.5 Å². The van der Waals surface area contributed by atoms with Crippen molar-refractivity contribution in [1.82, 2.24) is 14.8 Å². The van der Waals surface area contributed by atoms with Gasteiger partial charge >= 0.3 is 0 Å². The lowest BCUT2D eigenvalue weighted by atomic mass is 10.1. The summed E-state index contributed by atoms with van der Waals surface area (Å²) in [7, 11) is 1.52. The van der Waals surface area contributed by atoms with Crippen molar-refractivity contribution in [2.24, 2.45) is 0 Å². The zero-order valence-electron chi connectivity index (χ0n) is 20.4. The number of nitrogens with one attached hydrogen (secondary N) is 1. The molecule has 0 radical (unpaired) electrons. The Labute approximate surface area is 218 Å². The van der Waals surface area contributed by atoms with Gasteiger partial charge in [0, 0.05) is 50.4 Å². The topological polar surface area (TPSA) is 80.8 Å². The lowest BCUT2D eigenvalue weighted by Crippen LogP contribution is -2.48. The fourth-order valence-corrected chi connectivity index (χ4v) is 5.45. The van der Waals surface area contributed by atoms with Gasteiger partial charge in [0.2, 0.25) is 4.90 Å². The molecule has 190 valence electrons. The Morgan fingerprint density at radius 2 is 1.81 bits per heavy atom. The quantitative estimate of drug-likeness (QED) is 0.364. The van der Waals surface area contributed by atoms with Crippen LogP contribution in [0.2, 0.25) is 0 Å². The number of para-hydroxylation sites is 1. The fraction of sp³-hybridized carbons (Fsp3) is 0.214. The van der Waals surface area contributed by atoms with Crippen LogP contribution in [0.3, 0.4) is 0 Å². The summed E-state index contributed by atoms with van der Waals surface area (Å²) in [5, 5.41) is 0.909. The zero-order chi connectivity index (χ0) is 25.8. The molecule has 1 fully saturated rings. The molecular weight excluding hydrogens is 491 g/mol.